The summed E-state index contributed by atoms with van der Waals surface area (Å²) in [5.41, 5.74) is 2.19. The molecule has 0 amide bonds. The van der Waals surface area contributed by atoms with Crippen molar-refractivity contribution in [1.82, 2.24) is 30.1 Å². The predicted molar refractivity (Wildman–Crippen MR) is 98.8 cm³/mol. The molecule has 0 bridgehead atoms. The van der Waals surface area contributed by atoms with Crippen LogP contribution >= 0.6 is 0 Å². The van der Waals surface area contributed by atoms with Crippen LogP contribution in [0.3, 0.4) is 0 Å². The van der Waals surface area contributed by atoms with Gasteiger partial charge in [0.05, 0.1) is 12.6 Å². The fourth-order valence-corrected chi connectivity index (χ4v) is 3.30. The molecule has 8 nitrogen and oxygen atoms in total. The van der Waals surface area contributed by atoms with E-state index in [-0.39, 0.29) is 6.04 Å². The first-order chi connectivity index (χ1) is 13.1. The lowest BCUT2D eigenvalue weighted by atomic mass is 10.1. The smallest absolute Gasteiger partial charge is 0.244 e. The summed E-state index contributed by atoms with van der Waals surface area (Å²) in [6, 6.07) is 8.24. The molecule has 0 spiro atoms. The van der Waals surface area contributed by atoms with Crippen molar-refractivity contribution in [2.24, 2.45) is 0 Å². The summed E-state index contributed by atoms with van der Waals surface area (Å²) >= 11 is 0. The van der Waals surface area contributed by atoms with Crippen LogP contribution in [0.25, 0.3) is 11.4 Å². The van der Waals surface area contributed by atoms with Gasteiger partial charge in [-0.25, -0.2) is 0 Å². The second-order valence-electron chi connectivity index (χ2n) is 7.04. The number of benzene rings is 1. The zero-order chi connectivity index (χ0) is 18.8. The van der Waals surface area contributed by atoms with E-state index < -0.39 is 0 Å². The molecule has 3 heterocycles. The Balaban J connectivity index is 1.35. The van der Waals surface area contributed by atoms with Crippen molar-refractivity contribution in [3.8, 4) is 11.4 Å². The monoisotopic (exact) mass is 368 g/mol. The van der Waals surface area contributed by atoms with Crippen LogP contribution in [0.4, 0.5) is 0 Å². The third kappa shape index (κ3) is 4.06. The van der Waals surface area contributed by atoms with Crippen LogP contribution in [0.15, 0.2) is 33.3 Å². The molecule has 1 atom stereocenters. The molecule has 1 fully saturated rings. The Bertz CT molecular complexity index is 880. The Kier molecular flexibility index (Phi) is 5.00. The fourth-order valence-electron chi connectivity index (χ4n) is 3.30. The molecule has 0 saturated carbocycles. The Labute approximate surface area is 158 Å². The highest BCUT2D eigenvalue weighted by molar-refractivity contribution is 5.54. The minimum absolute atomic E-state index is 0.0891. The van der Waals surface area contributed by atoms with Crippen molar-refractivity contribution < 1.29 is 9.05 Å². The van der Waals surface area contributed by atoms with Gasteiger partial charge in [-0.15, -0.1) is 0 Å². The Morgan fingerprint density at radius 2 is 1.70 bits per heavy atom. The topological polar surface area (TPSA) is 84.3 Å². The van der Waals surface area contributed by atoms with E-state index in [1.165, 1.54) is 5.56 Å². The summed E-state index contributed by atoms with van der Waals surface area (Å²) in [5.74, 6) is 2.66. The van der Waals surface area contributed by atoms with Gasteiger partial charge in [0.1, 0.15) is 0 Å². The van der Waals surface area contributed by atoms with Crippen LogP contribution in [0.5, 0.6) is 0 Å². The zero-order valence-corrected chi connectivity index (χ0v) is 15.9. The summed E-state index contributed by atoms with van der Waals surface area (Å²) in [5, 5.41) is 8.13. The first-order valence-corrected chi connectivity index (χ1v) is 9.25. The molecule has 1 saturated heterocycles. The van der Waals surface area contributed by atoms with Crippen LogP contribution in [-0.2, 0) is 6.54 Å². The quantitative estimate of drug-likeness (QED) is 0.679. The first-order valence-electron chi connectivity index (χ1n) is 9.25. The normalized spacial score (nSPS) is 17.3. The minimum atomic E-state index is 0.0891. The highest BCUT2D eigenvalue weighted by atomic mass is 16.5. The van der Waals surface area contributed by atoms with Crippen molar-refractivity contribution in [3.05, 3.63) is 47.4 Å². The van der Waals surface area contributed by atoms with Gasteiger partial charge in [0.25, 0.3) is 0 Å². The van der Waals surface area contributed by atoms with E-state index >= 15 is 0 Å². The second-order valence-corrected chi connectivity index (χ2v) is 7.04. The molecule has 1 unspecified atom stereocenters. The number of aryl methyl sites for hydroxylation is 2. The van der Waals surface area contributed by atoms with Crippen LogP contribution in [0.2, 0.25) is 0 Å². The molecular weight excluding hydrogens is 344 g/mol. The standard InChI is InChI=1S/C19H24N6O2/c1-13-4-6-16(7-5-13)18-21-19(27-23-18)14(2)25-10-8-24(9-11-25)12-17-20-15(3)26-22-17/h4-7,14H,8-12H2,1-3H3. The Morgan fingerprint density at radius 3 is 2.37 bits per heavy atom. The highest BCUT2D eigenvalue weighted by Crippen LogP contribution is 2.24. The van der Waals surface area contributed by atoms with Gasteiger partial charge in [0.15, 0.2) is 5.82 Å². The molecule has 8 heteroatoms. The van der Waals surface area contributed by atoms with Gasteiger partial charge < -0.3 is 9.05 Å². The molecule has 1 aromatic carbocycles. The summed E-state index contributed by atoms with van der Waals surface area (Å²) < 4.78 is 10.6. The zero-order valence-electron chi connectivity index (χ0n) is 15.9. The van der Waals surface area contributed by atoms with Crippen molar-refractivity contribution in [2.75, 3.05) is 26.2 Å². The van der Waals surface area contributed by atoms with E-state index in [0.717, 1.165) is 44.1 Å². The summed E-state index contributed by atoms with van der Waals surface area (Å²) in [6.07, 6.45) is 0. The van der Waals surface area contributed by atoms with Gasteiger partial charge in [-0.05, 0) is 13.8 Å². The van der Waals surface area contributed by atoms with E-state index in [1.807, 2.05) is 19.1 Å². The molecule has 0 N–H and O–H groups in total. The maximum Gasteiger partial charge on any atom is 0.244 e. The molecule has 1 aliphatic rings. The van der Waals surface area contributed by atoms with Gasteiger partial charge in [-0.3, -0.25) is 9.80 Å². The molecule has 1 aliphatic heterocycles. The van der Waals surface area contributed by atoms with Gasteiger partial charge in [-0.1, -0.05) is 40.1 Å². The van der Waals surface area contributed by atoms with E-state index in [0.29, 0.717) is 17.6 Å². The number of piperazine rings is 1. The Hall–Kier alpha value is -2.58. The second kappa shape index (κ2) is 7.58. The third-order valence-corrected chi connectivity index (χ3v) is 5.00. The van der Waals surface area contributed by atoms with Crippen molar-refractivity contribution in [1.29, 1.82) is 0 Å². The fraction of sp³-hybridized carbons (Fsp3) is 0.474. The Morgan fingerprint density at radius 1 is 0.963 bits per heavy atom. The van der Waals surface area contributed by atoms with E-state index in [1.54, 1.807) is 0 Å². The number of nitrogens with zero attached hydrogens (tertiary/aromatic N) is 6. The SMILES string of the molecule is Cc1ccc(-c2noc(C(C)N3CCN(Cc4noc(C)n4)CC3)n2)cc1. The predicted octanol–water partition coefficient (Wildman–Crippen LogP) is 2.62. The molecule has 3 aromatic rings. The lowest BCUT2D eigenvalue weighted by molar-refractivity contribution is 0.0827. The lowest BCUT2D eigenvalue weighted by Gasteiger charge is -2.36. The first kappa shape index (κ1) is 17.8. The number of aromatic nitrogens is 4. The minimum Gasteiger partial charge on any atom is -0.340 e. The van der Waals surface area contributed by atoms with Crippen molar-refractivity contribution >= 4 is 0 Å². The van der Waals surface area contributed by atoms with Crippen LogP contribution < -0.4 is 0 Å². The maximum absolute atomic E-state index is 5.54. The average Bonchev–Trinajstić information content (AvgIpc) is 3.32. The molecule has 2 aromatic heterocycles. The van der Waals surface area contributed by atoms with Crippen molar-refractivity contribution in [3.63, 3.8) is 0 Å². The summed E-state index contributed by atoms with van der Waals surface area (Å²) in [6.45, 7) is 10.5. The van der Waals surface area contributed by atoms with Crippen LogP contribution in [0.1, 0.15) is 36.1 Å². The number of hydrogen-bond donors (Lipinski definition) is 0. The van der Waals surface area contributed by atoms with Gasteiger partial charge >= 0.3 is 0 Å². The molecule has 0 aliphatic carbocycles. The highest BCUT2D eigenvalue weighted by Gasteiger charge is 2.26. The number of rotatable bonds is 5. The van der Waals surface area contributed by atoms with E-state index in [4.69, 9.17) is 9.05 Å². The van der Waals surface area contributed by atoms with Crippen LogP contribution in [-0.4, -0.2) is 56.3 Å². The average molecular weight is 368 g/mol. The molecule has 27 heavy (non-hydrogen) atoms. The molecule has 4 rings (SSSR count). The van der Waals surface area contributed by atoms with Crippen molar-refractivity contribution in [2.45, 2.75) is 33.4 Å². The molecule has 142 valence electrons. The summed E-state index contributed by atoms with van der Waals surface area (Å²) in [7, 11) is 0. The van der Waals surface area contributed by atoms with Crippen LogP contribution in [0, 0.1) is 13.8 Å². The van der Waals surface area contributed by atoms with E-state index in [9.17, 15) is 0 Å². The van der Waals surface area contributed by atoms with Gasteiger partial charge in [0, 0.05) is 38.7 Å². The van der Waals surface area contributed by atoms with E-state index in [2.05, 4.69) is 56.1 Å². The molecular formula is C19H24N6O2. The molecule has 0 radical (unpaired) electrons. The summed E-state index contributed by atoms with van der Waals surface area (Å²) in [4.78, 5) is 13.6. The maximum atomic E-state index is 5.54. The van der Waals surface area contributed by atoms with Gasteiger partial charge in [-0.2, -0.15) is 9.97 Å². The number of hydrogen-bond acceptors (Lipinski definition) is 8. The van der Waals surface area contributed by atoms with Gasteiger partial charge in [0.2, 0.25) is 17.6 Å². The lowest BCUT2D eigenvalue weighted by Crippen LogP contribution is -2.46. The third-order valence-electron chi connectivity index (χ3n) is 5.00. The largest absolute Gasteiger partial charge is 0.340 e.